The quantitative estimate of drug-likeness (QED) is 0.817. The second-order valence-corrected chi connectivity index (χ2v) is 8.39. The minimum Gasteiger partial charge on any atom is -0.375 e. The molecule has 128 valence electrons. The second kappa shape index (κ2) is 6.52. The molecule has 2 heterocycles. The Morgan fingerprint density at radius 3 is 2.43 bits per heavy atom. The Balaban J connectivity index is 1.48. The van der Waals surface area contributed by atoms with Crippen LogP contribution in [0.3, 0.4) is 0 Å². The Morgan fingerprint density at radius 1 is 1.17 bits per heavy atom. The molecule has 1 aromatic carbocycles. The van der Waals surface area contributed by atoms with Gasteiger partial charge < -0.3 is 4.74 Å². The number of aryl methyl sites for hydroxylation is 1. The van der Waals surface area contributed by atoms with Gasteiger partial charge in [-0.1, -0.05) is 12.1 Å². The van der Waals surface area contributed by atoms with Crippen LogP contribution in [0.2, 0.25) is 0 Å². The largest absolute Gasteiger partial charge is 0.375 e. The monoisotopic (exact) mass is 319 g/mol. The van der Waals surface area contributed by atoms with E-state index in [0.717, 1.165) is 45.4 Å². The molecule has 0 aliphatic carbocycles. The van der Waals surface area contributed by atoms with Gasteiger partial charge in [-0.05, 0) is 76.5 Å². The standard InChI is InChI=1S/C20H30FNO/c1-19(2,3)22-12-10-20(11-13-22)14-17(15-23-20)5-4-16-6-8-18(21)9-7-16/h6-9,17H,4-5,10-15H2,1-3H3. The van der Waals surface area contributed by atoms with Crippen LogP contribution in [0.4, 0.5) is 4.39 Å². The summed E-state index contributed by atoms with van der Waals surface area (Å²) in [5, 5.41) is 0. The fourth-order valence-corrected chi connectivity index (χ4v) is 4.08. The molecule has 2 fully saturated rings. The van der Waals surface area contributed by atoms with E-state index in [0.29, 0.717) is 5.92 Å². The molecule has 1 spiro atoms. The van der Waals surface area contributed by atoms with Gasteiger partial charge >= 0.3 is 0 Å². The summed E-state index contributed by atoms with van der Waals surface area (Å²) in [6, 6.07) is 6.93. The average molecular weight is 319 g/mol. The van der Waals surface area contributed by atoms with Gasteiger partial charge in [-0.25, -0.2) is 4.39 Å². The number of benzene rings is 1. The summed E-state index contributed by atoms with van der Waals surface area (Å²) < 4.78 is 19.2. The summed E-state index contributed by atoms with van der Waals surface area (Å²) in [6.45, 7) is 10.1. The first-order chi connectivity index (χ1) is 10.9. The lowest BCUT2D eigenvalue weighted by atomic mass is 9.82. The van der Waals surface area contributed by atoms with Crippen molar-refractivity contribution in [2.75, 3.05) is 19.7 Å². The normalized spacial score (nSPS) is 25.1. The lowest BCUT2D eigenvalue weighted by molar-refractivity contribution is -0.0591. The fraction of sp³-hybridized carbons (Fsp3) is 0.700. The van der Waals surface area contributed by atoms with Crippen LogP contribution in [-0.2, 0) is 11.2 Å². The zero-order chi connectivity index (χ0) is 16.5. The van der Waals surface area contributed by atoms with Gasteiger partial charge in [0.1, 0.15) is 5.82 Å². The fourth-order valence-electron chi connectivity index (χ4n) is 4.08. The molecule has 0 bridgehead atoms. The summed E-state index contributed by atoms with van der Waals surface area (Å²) in [4.78, 5) is 2.58. The van der Waals surface area contributed by atoms with Crippen LogP contribution in [0.1, 0.15) is 52.0 Å². The van der Waals surface area contributed by atoms with Gasteiger partial charge in [0.05, 0.1) is 12.2 Å². The molecule has 3 rings (SSSR count). The van der Waals surface area contributed by atoms with Gasteiger partial charge in [-0.2, -0.15) is 0 Å². The molecular formula is C20H30FNO. The maximum absolute atomic E-state index is 13.0. The Bertz CT molecular complexity index is 511. The smallest absolute Gasteiger partial charge is 0.123 e. The van der Waals surface area contributed by atoms with E-state index in [1.54, 1.807) is 12.1 Å². The van der Waals surface area contributed by atoms with Gasteiger partial charge in [0.15, 0.2) is 0 Å². The highest BCUT2D eigenvalue weighted by Gasteiger charge is 2.43. The summed E-state index contributed by atoms with van der Waals surface area (Å²) >= 11 is 0. The van der Waals surface area contributed by atoms with Crippen LogP contribution in [0.25, 0.3) is 0 Å². The third kappa shape index (κ3) is 4.13. The molecule has 0 radical (unpaired) electrons. The summed E-state index contributed by atoms with van der Waals surface area (Å²) in [7, 11) is 0. The van der Waals surface area contributed by atoms with Crippen LogP contribution >= 0.6 is 0 Å². The summed E-state index contributed by atoms with van der Waals surface area (Å²) in [5.74, 6) is 0.503. The van der Waals surface area contributed by atoms with E-state index in [9.17, 15) is 4.39 Å². The lowest BCUT2D eigenvalue weighted by Crippen LogP contribution is -2.51. The minimum atomic E-state index is -0.150. The van der Waals surface area contributed by atoms with Crippen molar-refractivity contribution in [2.24, 2.45) is 5.92 Å². The topological polar surface area (TPSA) is 12.5 Å². The van der Waals surface area contributed by atoms with E-state index in [2.05, 4.69) is 25.7 Å². The molecule has 1 unspecified atom stereocenters. The molecule has 2 saturated heterocycles. The third-order valence-corrected chi connectivity index (χ3v) is 5.66. The predicted octanol–water partition coefficient (Wildman–Crippen LogP) is 4.43. The maximum atomic E-state index is 13.0. The summed E-state index contributed by atoms with van der Waals surface area (Å²) in [6.07, 6.45) is 5.70. The zero-order valence-corrected chi connectivity index (χ0v) is 14.8. The molecule has 2 nitrogen and oxygen atoms in total. The van der Waals surface area contributed by atoms with Crippen molar-refractivity contribution >= 4 is 0 Å². The first-order valence-corrected chi connectivity index (χ1v) is 9.00. The highest BCUT2D eigenvalue weighted by molar-refractivity contribution is 5.16. The molecule has 3 heteroatoms. The molecule has 2 aliphatic heterocycles. The highest BCUT2D eigenvalue weighted by atomic mass is 19.1. The van der Waals surface area contributed by atoms with E-state index < -0.39 is 0 Å². The molecule has 0 saturated carbocycles. The van der Waals surface area contributed by atoms with Crippen molar-refractivity contribution in [2.45, 2.75) is 64.0 Å². The van der Waals surface area contributed by atoms with Gasteiger partial charge in [0.2, 0.25) is 0 Å². The van der Waals surface area contributed by atoms with Crippen molar-refractivity contribution in [1.82, 2.24) is 4.90 Å². The van der Waals surface area contributed by atoms with Crippen molar-refractivity contribution in [3.05, 3.63) is 35.6 Å². The van der Waals surface area contributed by atoms with Crippen molar-refractivity contribution < 1.29 is 9.13 Å². The van der Waals surface area contributed by atoms with Gasteiger partial charge in [0, 0.05) is 18.6 Å². The molecule has 1 atom stereocenters. The molecule has 0 aromatic heterocycles. The number of rotatable bonds is 3. The molecule has 0 N–H and O–H groups in total. The highest BCUT2D eigenvalue weighted by Crippen LogP contribution is 2.41. The van der Waals surface area contributed by atoms with Crippen LogP contribution in [-0.4, -0.2) is 35.7 Å². The second-order valence-electron chi connectivity index (χ2n) is 8.39. The number of piperidine rings is 1. The maximum Gasteiger partial charge on any atom is 0.123 e. The molecule has 23 heavy (non-hydrogen) atoms. The van der Waals surface area contributed by atoms with Gasteiger partial charge in [-0.3, -0.25) is 4.90 Å². The van der Waals surface area contributed by atoms with E-state index in [-0.39, 0.29) is 17.0 Å². The van der Waals surface area contributed by atoms with Gasteiger partial charge in [-0.15, -0.1) is 0 Å². The van der Waals surface area contributed by atoms with E-state index in [4.69, 9.17) is 4.74 Å². The summed E-state index contributed by atoms with van der Waals surface area (Å²) in [5.41, 5.74) is 1.63. The van der Waals surface area contributed by atoms with E-state index >= 15 is 0 Å². The number of nitrogens with zero attached hydrogens (tertiary/aromatic N) is 1. The number of halogens is 1. The van der Waals surface area contributed by atoms with Crippen LogP contribution in [0, 0.1) is 11.7 Å². The van der Waals surface area contributed by atoms with E-state index in [1.165, 1.54) is 12.0 Å². The van der Waals surface area contributed by atoms with E-state index in [1.807, 2.05) is 12.1 Å². The van der Waals surface area contributed by atoms with Crippen LogP contribution < -0.4 is 0 Å². The van der Waals surface area contributed by atoms with Crippen LogP contribution in [0.15, 0.2) is 24.3 Å². The van der Waals surface area contributed by atoms with Crippen LogP contribution in [0.5, 0.6) is 0 Å². The Morgan fingerprint density at radius 2 is 1.83 bits per heavy atom. The van der Waals surface area contributed by atoms with Crippen molar-refractivity contribution in [3.8, 4) is 0 Å². The van der Waals surface area contributed by atoms with Crippen molar-refractivity contribution in [3.63, 3.8) is 0 Å². The first kappa shape index (κ1) is 16.9. The lowest BCUT2D eigenvalue weighted by Gasteiger charge is -2.44. The minimum absolute atomic E-state index is 0.134. The zero-order valence-electron chi connectivity index (χ0n) is 14.8. The SMILES string of the molecule is CC(C)(C)N1CCC2(CC1)CC(CCc1ccc(F)cc1)CO2. The first-order valence-electron chi connectivity index (χ1n) is 9.00. The van der Waals surface area contributed by atoms with Gasteiger partial charge in [0.25, 0.3) is 0 Å². The Hall–Kier alpha value is -0.930. The number of likely N-dealkylation sites (tertiary alicyclic amines) is 1. The number of hydrogen-bond donors (Lipinski definition) is 0. The number of ether oxygens (including phenoxy) is 1. The van der Waals surface area contributed by atoms with Crippen molar-refractivity contribution in [1.29, 1.82) is 0 Å². The third-order valence-electron chi connectivity index (χ3n) is 5.66. The predicted molar refractivity (Wildman–Crippen MR) is 92.1 cm³/mol. The molecule has 2 aliphatic rings. The molecule has 1 aromatic rings. The molecular weight excluding hydrogens is 289 g/mol. The average Bonchev–Trinajstić information content (AvgIpc) is 2.89. The molecule has 0 amide bonds. The Labute approximate surface area is 140 Å². The Kier molecular flexibility index (Phi) is 4.80. The number of hydrogen-bond acceptors (Lipinski definition) is 2.